The Balaban J connectivity index is 0.00000196. The van der Waals surface area contributed by atoms with Gasteiger partial charge in [-0.25, -0.2) is 9.78 Å². The maximum atomic E-state index is 11.6. The lowest BCUT2D eigenvalue weighted by molar-refractivity contribution is 0.0696. The summed E-state index contributed by atoms with van der Waals surface area (Å²) >= 11 is 0. The average molecular weight is 407 g/mol. The van der Waals surface area contributed by atoms with Crippen molar-refractivity contribution < 1.29 is 28.0 Å². The summed E-state index contributed by atoms with van der Waals surface area (Å²) in [4.78, 5) is 14.1. The van der Waals surface area contributed by atoms with Gasteiger partial charge < -0.3 is 22.5 Å². The number of carboxylic acid groups (broad SMARTS) is 1. The fourth-order valence-corrected chi connectivity index (χ4v) is 3.00. The molecule has 0 aliphatic heterocycles. The Morgan fingerprint density at radius 1 is 1.00 bits per heavy atom. The van der Waals surface area contributed by atoms with Gasteiger partial charge in [-0.3, -0.25) is 4.55 Å². The second-order valence-corrected chi connectivity index (χ2v) is 6.56. The van der Waals surface area contributed by atoms with Crippen LogP contribution in [0, 0.1) is 0 Å². The van der Waals surface area contributed by atoms with Gasteiger partial charge in [0.05, 0.1) is 5.56 Å². The molecule has 0 spiro atoms. The van der Waals surface area contributed by atoms with E-state index in [0.29, 0.717) is 0 Å². The van der Waals surface area contributed by atoms with Gasteiger partial charge in [-0.05, 0) is 18.2 Å². The molecule has 148 valence electrons. The molecule has 11 nitrogen and oxygen atoms in total. The summed E-state index contributed by atoms with van der Waals surface area (Å²) in [6.45, 7) is 0. The van der Waals surface area contributed by atoms with Crippen molar-refractivity contribution in [2.75, 3.05) is 0 Å². The number of aromatic hydroxyl groups is 1. The van der Waals surface area contributed by atoms with E-state index in [9.17, 15) is 22.9 Å². The third kappa shape index (κ3) is 4.44. The SMILES string of the molecule is N.N.O=C(O)c1ccc(/N=N/c2cc(S(=O)(=O)O)c3ccccc3c2O)nc1. The molecule has 0 unspecified atom stereocenters. The number of carboxylic acids is 1. The van der Waals surface area contributed by atoms with E-state index in [2.05, 4.69) is 15.2 Å². The van der Waals surface area contributed by atoms with Crippen molar-refractivity contribution in [2.45, 2.75) is 4.90 Å². The third-order valence-corrected chi connectivity index (χ3v) is 4.38. The first kappa shape index (κ1) is 22.6. The minimum atomic E-state index is -4.56. The van der Waals surface area contributed by atoms with Gasteiger partial charge in [0.2, 0.25) is 0 Å². The standard InChI is InChI=1S/C16H11N3O6S.2H3N/c20-15-11-4-2-1-3-10(11)13(26(23,24)25)7-12(15)18-19-14-6-5-9(8-17-14)16(21)22;;/h1-8,20H,(H,21,22)(H,23,24,25);2*1H3/b19-18+;;. The summed E-state index contributed by atoms with van der Waals surface area (Å²) in [6.07, 6.45) is 1.08. The number of hydrogen-bond acceptors (Lipinski definition) is 9. The van der Waals surface area contributed by atoms with Gasteiger partial charge in [0.15, 0.2) is 11.6 Å². The van der Waals surface area contributed by atoms with E-state index in [1.54, 1.807) is 12.1 Å². The number of phenolic OH excluding ortho intramolecular Hbond substituents is 1. The van der Waals surface area contributed by atoms with Crippen LogP contribution in [0.15, 0.2) is 63.8 Å². The maximum Gasteiger partial charge on any atom is 0.337 e. The molecule has 0 saturated carbocycles. The highest BCUT2D eigenvalue weighted by molar-refractivity contribution is 7.86. The Morgan fingerprint density at radius 2 is 1.64 bits per heavy atom. The van der Waals surface area contributed by atoms with E-state index in [1.807, 2.05) is 0 Å². The van der Waals surface area contributed by atoms with E-state index < -0.39 is 21.0 Å². The van der Waals surface area contributed by atoms with Crippen LogP contribution in [0.1, 0.15) is 10.4 Å². The Hall–Kier alpha value is -3.45. The van der Waals surface area contributed by atoms with Crippen LogP contribution >= 0.6 is 0 Å². The van der Waals surface area contributed by atoms with Crippen molar-refractivity contribution >= 4 is 38.4 Å². The van der Waals surface area contributed by atoms with Gasteiger partial charge in [-0.1, -0.05) is 24.3 Å². The monoisotopic (exact) mass is 407 g/mol. The van der Waals surface area contributed by atoms with E-state index >= 15 is 0 Å². The second-order valence-electron chi connectivity index (χ2n) is 5.17. The highest BCUT2D eigenvalue weighted by Gasteiger charge is 2.19. The van der Waals surface area contributed by atoms with E-state index in [-0.39, 0.29) is 45.9 Å². The lowest BCUT2D eigenvalue weighted by atomic mass is 10.1. The molecule has 3 rings (SSSR count). The largest absolute Gasteiger partial charge is 0.505 e. The molecule has 0 aliphatic carbocycles. The zero-order chi connectivity index (χ0) is 18.9. The van der Waals surface area contributed by atoms with Crippen LogP contribution in [-0.2, 0) is 10.1 Å². The number of phenols is 1. The highest BCUT2D eigenvalue weighted by Crippen LogP contribution is 2.39. The molecule has 3 aromatic rings. The lowest BCUT2D eigenvalue weighted by Crippen LogP contribution is -1.99. The smallest absolute Gasteiger partial charge is 0.337 e. The number of aromatic carboxylic acids is 1. The molecule has 9 N–H and O–H groups in total. The minimum absolute atomic E-state index is 0. The van der Waals surface area contributed by atoms with Crippen molar-refractivity contribution in [3.63, 3.8) is 0 Å². The second kappa shape index (κ2) is 8.49. The Labute approximate surface area is 159 Å². The van der Waals surface area contributed by atoms with Crippen molar-refractivity contribution in [1.82, 2.24) is 17.3 Å². The Bertz CT molecular complexity index is 1150. The number of fused-ring (bicyclic) bond motifs is 1. The van der Waals surface area contributed by atoms with Crippen LogP contribution in [-0.4, -0.2) is 34.1 Å². The molecule has 12 heteroatoms. The van der Waals surface area contributed by atoms with Crippen LogP contribution in [0.2, 0.25) is 0 Å². The first-order chi connectivity index (χ1) is 12.3. The zero-order valence-electron chi connectivity index (χ0n) is 14.3. The van der Waals surface area contributed by atoms with Crippen molar-refractivity contribution in [1.29, 1.82) is 0 Å². The number of aromatic nitrogens is 1. The van der Waals surface area contributed by atoms with Crippen LogP contribution in [0.25, 0.3) is 10.8 Å². The number of carbonyl (C=O) groups is 1. The highest BCUT2D eigenvalue weighted by atomic mass is 32.2. The number of rotatable bonds is 4. The summed E-state index contributed by atoms with van der Waals surface area (Å²) in [7, 11) is -4.56. The molecule has 0 saturated heterocycles. The zero-order valence-corrected chi connectivity index (χ0v) is 15.2. The fourth-order valence-electron chi connectivity index (χ4n) is 2.28. The molecule has 0 aliphatic rings. The van der Waals surface area contributed by atoms with Gasteiger partial charge in [0, 0.05) is 17.0 Å². The van der Waals surface area contributed by atoms with Gasteiger partial charge in [-0.15, -0.1) is 10.2 Å². The van der Waals surface area contributed by atoms with Crippen molar-refractivity contribution in [2.24, 2.45) is 10.2 Å². The number of hydrogen-bond donors (Lipinski definition) is 5. The van der Waals surface area contributed by atoms with E-state index in [1.165, 1.54) is 24.3 Å². The summed E-state index contributed by atoms with van der Waals surface area (Å²) in [5, 5.41) is 26.9. The van der Waals surface area contributed by atoms with Crippen LogP contribution in [0.4, 0.5) is 11.5 Å². The average Bonchev–Trinajstić information content (AvgIpc) is 2.60. The number of pyridine rings is 1. The van der Waals surface area contributed by atoms with Gasteiger partial charge in [0.1, 0.15) is 10.6 Å². The van der Waals surface area contributed by atoms with Crippen LogP contribution in [0.5, 0.6) is 5.75 Å². The molecule has 0 amide bonds. The van der Waals surface area contributed by atoms with E-state index in [4.69, 9.17) is 5.11 Å². The summed E-state index contributed by atoms with van der Waals surface area (Å²) < 4.78 is 32.7. The fraction of sp³-hybridized carbons (Fsp3) is 0. The molecule has 2 aromatic carbocycles. The predicted octanol–water partition coefficient (Wildman–Crippen LogP) is 3.62. The molecule has 28 heavy (non-hydrogen) atoms. The van der Waals surface area contributed by atoms with E-state index in [0.717, 1.165) is 12.3 Å². The lowest BCUT2D eigenvalue weighted by Gasteiger charge is -2.08. The third-order valence-electron chi connectivity index (χ3n) is 3.49. The quantitative estimate of drug-likeness (QED) is 0.314. The molecule has 0 bridgehead atoms. The number of benzene rings is 2. The first-order valence-electron chi connectivity index (χ1n) is 7.10. The van der Waals surface area contributed by atoms with Crippen molar-refractivity contribution in [3.05, 3.63) is 54.2 Å². The topological polar surface area (TPSA) is 220 Å². The summed E-state index contributed by atoms with van der Waals surface area (Å²) in [6, 6.07) is 9.61. The molecule has 0 radical (unpaired) electrons. The molecule has 0 fully saturated rings. The van der Waals surface area contributed by atoms with Crippen molar-refractivity contribution in [3.8, 4) is 5.75 Å². The predicted molar refractivity (Wildman–Crippen MR) is 101 cm³/mol. The van der Waals surface area contributed by atoms with Crippen LogP contribution < -0.4 is 12.3 Å². The Morgan fingerprint density at radius 3 is 2.18 bits per heavy atom. The molecule has 1 heterocycles. The minimum Gasteiger partial charge on any atom is -0.505 e. The van der Waals surface area contributed by atoms with Gasteiger partial charge in [0.25, 0.3) is 10.1 Å². The normalized spacial score (nSPS) is 11.0. The molecule has 0 atom stereocenters. The van der Waals surface area contributed by atoms with Gasteiger partial charge in [-0.2, -0.15) is 8.42 Å². The molecular weight excluding hydrogens is 390 g/mol. The first-order valence-corrected chi connectivity index (χ1v) is 8.54. The molecule has 1 aromatic heterocycles. The van der Waals surface area contributed by atoms with Gasteiger partial charge >= 0.3 is 5.97 Å². The maximum absolute atomic E-state index is 11.6. The summed E-state index contributed by atoms with van der Waals surface area (Å²) in [5.41, 5.74) is -0.230. The van der Waals surface area contributed by atoms with Crippen LogP contribution in [0.3, 0.4) is 0 Å². The Kier molecular flexibility index (Phi) is 6.85. The summed E-state index contributed by atoms with van der Waals surface area (Å²) in [5.74, 6) is -1.42. The number of azo groups is 1. The number of nitrogens with zero attached hydrogens (tertiary/aromatic N) is 3. The molecular formula is C16H17N5O6S.